The van der Waals surface area contributed by atoms with Gasteiger partial charge in [-0.15, -0.1) is 0 Å². The van der Waals surface area contributed by atoms with Gasteiger partial charge in [-0.2, -0.15) is 0 Å². The third kappa shape index (κ3) is 4.63. The van der Waals surface area contributed by atoms with Gasteiger partial charge in [0, 0.05) is 17.6 Å². The Kier molecular flexibility index (Phi) is 3.62. The first-order valence-electron chi connectivity index (χ1n) is 21.8. The number of ether oxygens (including phenoxy) is 3. The van der Waals surface area contributed by atoms with Gasteiger partial charge in [0.05, 0.1) is 20.6 Å². The van der Waals surface area contributed by atoms with Gasteiger partial charge in [0.1, 0.15) is 34.5 Å². The molecule has 0 N–H and O–H groups in total. The van der Waals surface area contributed by atoms with Crippen LogP contribution in [0.5, 0.6) is 34.5 Å². The van der Waals surface area contributed by atoms with Gasteiger partial charge >= 0.3 is 0 Å². The first-order chi connectivity index (χ1) is 29.0. The molecule has 4 heteroatoms. The van der Waals surface area contributed by atoms with Crippen molar-refractivity contribution in [3.05, 3.63) is 163 Å². The molecule has 0 aromatic heterocycles. The third-order valence-electron chi connectivity index (χ3n) is 7.90. The summed E-state index contributed by atoms with van der Waals surface area (Å²) in [5.41, 5.74) is 2.68. The molecule has 0 unspecified atom stereocenters. The summed E-state index contributed by atoms with van der Waals surface area (Å²) in [6, 6.07) is 12.9. The smallest absolute Gasteiger partial charge is 0.260 e. The van der Waals surface area contributed by atoms with E-state index in [2.05, 4.69) is 0 Å². The van der Waals surface area contributed by atoms with E-state index in [-0.39, 0.29) is 52.9 Å². The molecule has 2 heterocycles. The summed E-state index contributed by atoms with van der Waals surface area (Å²) >= 11 is 0. The van der Waals surface area contributed by atoms with E-state index in [1.165, 1.54) is 0 Å². The van der Waals surface area contributed by atoms with Crippen molar-refractivity contribution in [2.75, 3.05) is 0 Å². The molecule has 216 valence electrons. The minimum absolute atomic E-state index is 0.0127. The topological polar surface area (TPSA) is 27.7 Å². The molecule has 0 radical (unpaired) electrons. The molecule has 2 aliphatic heterocycles. The van der Waals surface area contributed by atoms with E-state index in [0.29, 0.717) is 67.6 Å². The molecule has 3 nitrogen and oxygen atoms in total. The van der Waals surface area contributed by atoms with Gasteiger partial charge in [0.2, 0.25) is 0 Å². The largest absolute Gasteiger partial charge is 0.458 e. The summed E-state index contributed by atoms with van der Waals surface area (Å²) in [5.74, 6) is 2.02. The van der Waals surface area contributed by atoms with Crippen LogP contribution in [0.15, 0.2) is 163 Å². The molecule has 46 heavy (non-hydrogen) atoms. The van der Waals surface area contributed by atoms with E-state index in [9.17, 15) is 0 Å². The van der Waals surface area contributed by atoms with Crippen LogP contribution in [0.1, 0.15) is 20.6 Å². The molecule has 0 saturated heterocycles. The van der Waals surface area contributed by atoms with Crippen LogP contribution in [0.3, 0.4) is 0 Å². The maximum Gasteiger partial charge on any atom is 0.260 e. The quantitative estimate of drug-likeness (QED) is 0.183. The summed E-state index contributed by atoms with van der Waals surface area (Å²) in [5, 5.41) is 0. The van der Waals surface area contributed by atoms with Crippen molar-refractivity contribution in [3.63, 3.8) is 0 Å². The number of fused-ring (bicyclic) bond motifs is 4. The van der Waals surface area contributed by atoms with Gasteiger partial charge in [-0.05, 0) is 68.6 Å². The molecule has 2 aliphatic rings. The highest BCUT2D eigenvalue weighted by atomic mass is 16.5. The van der Waals surface area contributed by atoms with Crippen molar-refractivity contribution in [3.8, 4) is 67.9 Å². The van der Waals surface area contributed by atoms with Crippen molar-refractivity contribution in [1.29, 1.82) is 0 Å². The summed E-state index contributed by atoms with van der Waals surface area (Å²) in [6.45, 7) is -0.697. The van der Waals surface area contributed by atoms with Crippen molar-refractivity contribution in [1.82, 2.24) is 0 Å². The van der Waals surface area contributed by atoms with Crippen LogP contribution >= 0.6 is 0 Å². The maximum atomic E-state index is 8.66. The maximum absolute atomic E-state index is 8.66. The Labute approximate surface area is 289 Å². The van der Waals surface area contributed by atoms with Gasteiger partial charge in [-0.3, -0.25) is 0 Å². The number of rotatable bonds is 5. The fourth-order valence-corrected chi connectivity index (χ4v) is 5.86. The first-order valence-corrected chi connectivity index (χ1v) is 14.3. The number of hydrogen-bond donors (Lipinski definition) is 0. The molecule has 0 saturated carbocycles. The Balaban J connectivity index is 1.18. The van der Waals surface area contributed by atoms with Crippen molar-refractivity contribution in [2.24, 2.45) is 0 Å². The van der Waals surface area contributed by atoms with E-state index in [4.69, 9.17) is 34.8 Å². The first kappa shape index (κ1) is 15.3. The molecule has 0 bridgehead atoms. The molecule has 7 aromatic rings. The van der Waals surface area contributed by atoms with Crippen LogP contribution in [0, 0.1) is 0 Å². The fraction of sp³-hybridized carbons (Fsp3) is 0. The normalized spacial score (nSPS) is 16.8. The van der Waals surface area contributed by atoms with E-state index in [0.717, 1.165) is 0 Å². The van der Waals surface area contributed by atoms with Crippen molar-refractivity contribution in [2.45, 2.75) is 0 Å². The molecular weight excluding hydrogens is 563 g/mol. The highest BCUT2D eigenvalue weighted by Gasteiger charge is 2.41. The second-order valence-electron chi connectivity index (χ2n) is 10.6. The summed E-state index contributed by atoms with van der Waals surface area (Å²) < 4.78 is 144. The molecule has 7 aromatic carbocycles. The number of hydrogen-bond acceptors (Lipinski definition) is 3. The van der Waals surface area contributed by atoms with Crippen LogP contribution < -0.4 is 30.6 Å². The minimum Gasteiger partial charge on any atom is -0.458 e. The van der Waals surface area contributed by atoms with Crippen LogP contribution in [0.2, 0.25) is 0 Å². The molecular formula is C42H27BO3. The molecule has 9 rings (SSSR count). The second kappa shape index (κ2) is 10.9. The summed E-state index contributed by atoms with van der Waals surface area (Å²) in [4.78, 5) is 0. The lowest BCUT2D eigenvalue weighted by molar-refractivity contribution is 0.443. The van der Waals surface area contributed by atoms with E-state index < -0.39 is 61.1 Å². The Morgan fingerprint density at radius 3 is 1.33 bits per heavy atom. The average molecular weight is 606 g/mol. The van der Waals surface area contributed by atoms with Gasteiger partial charge in [-0.1, -0.05) is 127 Å². The predicted molar refractivity (Wildman–Crippen MR) is 187 cm³/mol. The predicted octanol–water partition coefficient (Wildman–Crippen LogP) is 9.21. The third-order valence-corrected chi connectivity index (χ3v) is 7.90. The van der Waals surface area contributed by atoms with Crippen molar-refractivity contribution >= 4 is 23.1 Å². The van der Waals surface area contributed by atoms with Crippen LogP contribution in [0.4, 0.5) is 0 Å². The second-order valence-corrected chi connectivity index (χ2v) is 10.6. The van der Waals surface area contributed by atoms with Gasteiger partial charge in [0.25, 0.3) is 6.71 Å². The SMILES string of the molecule is [2H]c1c([2H])c([2H])c(-c2ccc(Oc3cc4c5c(c3)Oc3ccc(-c6c([2H])c([2H])c([2H])c([2H])c6[2H])cc3B5c3cc(-c5c([2H])c([2H])c([2H])c([2H])c5[2H])ccc3O4)cc2)c([2H])c1[2H]. The summed E-state index contributed by atoms with van der Waals surface area (Å²) in [6.07, 6.45) is 0. The average Bonchev–Trinajstić information content (AvgIpc) is 3.25. The highest BCUT2D eigenvalue weighted by Crippen LogP contribution is 2.40. The van der Waals surface area contributed by atoms with Gasteiger partial charge in [-0.25, -0.2) is 0 Å². The fourth-order valence-electron chi connectivity index (χ4n) is 5.86. The zero-order chi connectivity index (χ0) is 43.5. The number of benzene rings is 7. The zero-order valence-corrected chi connectivity index (χ0v) is 23.7. The van der Waals surface area contributed by atoms with E-state index >= 15 is 0 Å². The molecule has 0 fully saturated rings. The minimum atomic E-state index is -0.697. The molecule has 0 spiro atoms. The van der Waals surface area contributed by atoms with Crippen LogP contribution in [-0.2, 0) is 0 Å². The monoisotopic (exact) mass is 605 g/mol. The molecule has 0 aliphatic carbocycles. The van der Waals surface area contributed by atoms with Crippen molar-refractivity contribution < 1.29 is 34.8 Å². The van der Waals surface area contributed by atoms with Crippen LogP contribution in [0.25, 0.3) is 33.4 Å². The lowest BCUT2D eigenvalue weighted by Crippen LogP contribution is -2.57. The standard InChI is InChI=1S/C42H27BO3/c1-4-10-28(11-5-1)31-16-20-34(21-17-31)44-35-26-40-42-41(27-35)46-39-23-19-33(30-14-8-3-9-15-30)25-37(39)43(42)36-24-32(18-22-38(36)45-40)29-12-6-2-7-13-29/h1-27H/i1D,2D,3D,4D,5D,6D,7D,8D,9D,10D,11D,12D,13D,14D,15D. The Bertz CT molecular complexity index is 2850. The zero-order valence-electron chi connectivity index (χ0n) is 38.7. The Morgan fingerprint density at radius 2 is 0.848 bits per heavy atom. The molecule has 0 atom stereocenters. The lowest BCUT2D eigenvalue weighted by atomic mass is 9.34. The Morgan fingerprint density at radius 1 is 0.413 bits per heavy atom. The molecule has 0 amide bonds. The van der Waals surface area contributed by atoms with Crippen LogP contribution in [-0.4, -0.2) is 6.71 Å². The lowest BCUT2D eigenvalue weighted by Gasteiger charge is -2.33. The highest BCUT2D eigenvalue weighted by molar-refractivity contribution is 6.98. The van der Waals surface area contributed by atoms with Gasteiger partial charge < -0.3 is 14.2 Å². The van der Waals surface area contributed by atoms with Gasteiger partial charge in [0.15, 0.2) is 0 Å². The Hall–Kier alpha value is -6.00. The van der Waals surface area contributed by atoms with E-state index in [1.807, 2.05) is 0 Å². The summed E-state index contributed by atoms with van der Waals surface area (Å²) in [7, 11) is 0. The van der Waals surface area contributed by atoms with E-state index in [1.54, 1.807) is 72.8 Å².